The second kappa shape index (κ2) is 7.71. The summed E-state index contributed by atoms with van der Waals surface area (Å²) in [4.78, 5) is 2.62. The number of nitrogens with zero attached hydrogens (tertiary/aromatic N) is 1. The van der Waals surface area contributed by atoms with Gasteiger partial charge in [-0.3, -0.25) is 4.90 Å². The molecule has 2 aliphatic rings. The zero-order valence-electron chi connectivity index (χ0n) is 15.3. The molecule has 4 rings (SSSR count). The smallest absolute Gasteiger partial charge is 0.140 e. The Morgan fingerprint density at radius 3 is 2.65 bits per heavy atom. The average molecular weight is 415 g/mol. The van der Waals surface area contributed by atoms with E-state index in [1.165, 1.54) is 29.5 Å². The van der Waals surface area contributed by atoms with Crippen LogP contribution in [0.25, 0.3) is 0 Å². The van der Waals surface area contributed by atoms with E-state index < -0.39 is 0 Å². The van der Waals surface area contributed by atoms with Crippen molar-refractivity contribution in [2.45, 2.75) is 38.3 Å². The summed E-state index contributed by atoms with van der Waals surface area (Å²) in [5, 5.41) is 0. The predicted molar refractivity (Wildman–Crippen MR) is 110 cm³/mol. The first kappa shape index (κ1) is 18.0. The van der Waals surface area contributed by atoms with E-state index in [0.29, 0.717) is 12.0 Å². The molecular weight excluding hydrogens is 388 g/mol. The lowest BCUT2D eigenvalue weighted by molar-refractivity contribution is 0.0534. The van der Waals surface area contributed by atoms with Crippen LogP contribution in [0.4, 0.5) is 0 Å². The minimum atomic E-state index is 0.0830. The first-order chi connectivity index (χ1) is 12.7. The van der Waals surface area contributed by atoms with Gasteiger partial charge < -0.3 is 10.5 Å². The van der Waals surface area contributed by atoms with Crippen molar-refractivity contribution in [1.29, 1.82) is 0 Å². The maximum atomic E-state index is 6.59. The number of hydrogen-bond acceptors (Lipinski definition) is 3. The largest absolute Gasteiger partial charge is 0.483 e. The molecule has 4 heteroatoms. The van der Waals surface area contributed by atoms with Gasteiger partial charge in [0.15, 0.2) is 0 Å². The van der Waals surface area contributed by atoms with Crippen LogP contribution in [0.1, 0.15) is 35.6 Å². The molecule has 0 aromatic heterocycles. The molecule has 1 fully saturated rings. The van der Waals surface area contributed by atoms with Crippen molar-refractivity contribution < 1.29 is 4.74 Å². The zero-order valence-corrected chi connectivity index (χ0v) is 16.9. The van der Waals surface area contributed by atoms with Gasteiger partial charge in [-0.25, -0.2) is 0 Å². The summed E-state index contributed by atoms with van der Waals surface area (Å²) >= 11 is 3.68. The minimum absolute atomic E-state index is 0.0830. The summed E-state index contributed by atoms with van der Waals surface area (Å²) in [6.45, 7) is 5.16. The summed E-state index contributed by atoms with van der Waals surface area (Å²) in [6.07, 6.45) is 3.55. The number of likely N-dealkylation sites (tertiary alicyclic amines) is 1. The van der Waals surface area contributed by atoms with Crippen LogP contribution in [0.3, 0.4) is 0 Å². The van der Waals surface area contributed by atoms with Gasteiger partial charge in [0, 0.05) is 0 Å². The third-order valence-corrected chi connectivity index (χ3v) is 6.55. The van der Waals surface area contributed by atoms with Crippen molar-refractivity contribution in [3.63, 3.8) is 0 Å². The lowest BCUT2D eigenvalue weighted by atomic mass is 9.95. The van der Waals surface area contributed by atoms with Crippen molar-refractivity contribution in [3.8, 4) is 5.75 Å². The Labute approximate surface area is 164 Å². The summed E-state index contributed by atoms with van der Waals surface area (Å²) in [5.74, 6) is 1.61. The summed E-state index contributed by atoms with van der Waals surface area (Å²) in [6, 6.07) is 15.5. The van der Waals surface area contributed by atoms with Gasteiger partial charge in [-0.2, -0.15) is 0 Å². The molecule has 0 amide bonds. The van der Waals surface area contributed by atoms with Gasteiger partial charge in [0.2, 0.25) is 0 Å². The maximum Gasteiger partial charge on any atom is 0.140 e. The number of nitrogens with two attached hydrogens (primary N) is 1. The fourth-order valence-corrected chi connectivity index (χ4v) is 4.95. The number of benzene rings is 2. The number of hydrogen-bond donors (Lipinski definition) is 1. The van der Waals surface area contributed by atoms with Gasteiger partial charge in [-0.15, -0.1) is 0 Å². The topological polar surface area (TPSA) is 38.5 Å². The van der Waals surface area contributed by atoms with Crippen LogP contribution in [-0.2, 0) is 6.42 Å². The molecule has 2 aromatic carbocycles. The van der Waals surface area contributed by atoms with Gasteiger partial charge in [0.05, 0.1) is 10.5 Å². The molecule has 2 atom stereocenters. The molecule has 138 valence electrons. The van der Waals surface area contributed by atoms with Crippen LogP contribution in [0, 0.1) is 12.8 Å². The number of fused-ring (bicyclic) bond motifs is 1. The SMILES string of the molecule is Cc1ccc(O[C@@H]2c3ccccc3C[C@H]2N2CCC(CN)CC2)c(Br)c1. The van der Waals surface area contributed by atoms with E-state index >= 15 is 0 Å². The Balaban J connectivity index is 1.59. The molecule has 0 radical (unpaired) electrons. The number of ether oxygens (including phenoxy) is 1. The first-order valence-electron chi connectivity index (χ1n) is 9.60. The summed E-state index contributed by atoms with van der Waals surface area (Å²) in [5.41, 5.74) is 9.88. The second-order valence-corrected chi connectivity index (χ2v) is 8.51. The molecule has 1 heterocycles. The predicted octanol–water partition coefficient (Wildman–Crippen LogP) is 4.47. The number of halogens is 1. The molecule has 1 aliphatic carbocycles. The highest BCUT2D eigenvalue weighted by Crippen LogP contribution is 2.40. The van der Waals surface area contributed by atoms with E-state index in [-0.39, 0.29) is 6.10 Å². The molecule has 0 spiro atoms. The van der Waals surface area contributed by atoms with Crippen LogP contribution in [0.2, 0.25) is 0 Å². The summed E-state index contributed by atoms with van der Waals surface area (Å²) < 4.78 is 7.62. The van der Waals surface area contributed by atoms with Crippen molar-refractivity contribution in [2.24, 2.45) is 11.7 Å². The van der Waals surface area contributed by atoms with E-state index in [2.05, 4.69) is 70.2 Å². The number of aryl methyl sites for hydroxylation is 1. The van der Waals surface area contributed by atoms with Crippen molar-refractivity contribution >= 4 is 15.9 Å². The lowest BCUT2D eigenvalue weighted by Gasteiger charge is -2.38. The van der Waals surface area contributed by atoms with Gasteiger partial charge in [0.1, 0.15) is 11.9 Å². The van der Waals surface area contributed by atoms with E-state index in [0.717, 1.165) is 36.3 Å². The second-order valence-electron chi connectivity index (χ2n) is 7.66. The highest BCUT2D eigenvalue weighted by Gasteiger charge is 2.39. The van der Waals surface area contributed by atoms with E-state index in [4.69, 9.17) is 10.5 Å². The first-order valence-corrected chi connectivity index (χ1v) is 10.4. The van der Waals surface area contributed by atoms with Gasteiger partial charge >= 0.3 is 0 Å². The monoisotopic (exact) mass is 414 g/mol. The molecular formula is C22H27BrN2O. The molecule has 3 nitrogen and oxygen atoms in total. The van der Waals surface area contributed by atoms with Crippen LogP contribution < -0.4 is 10.5 Å². The molecule has 1 saturated heterocycles. The molecule has 2 N–H and O–H groups in total. The molecule has 2 aromatic rings. The quantitative estimate of drug-likeness (QED) is 0.801. The highest BCUT2D eigenvalue weighted by molar-refractivity contribution is 9.10. The fourth-order valence-electron chi connectivity index (χ4n) is 4.36. The average Bonchev–Trinajstić information content (AvgIpc) is 3.02. The molecule has 0 unspecified atom stereocenters. The minimum Gasteiger partial charge on any atom is -0.483 e. The Morgan fingerprint density at radius 2 is 1.92 bits per heavy atom. The van der Waals surface area contributed by atoms with E-state index in [1.807, 2.05) is 0 Å². The molecule has 0 bridgehead atoms. The fraction of sp³-hybridized carbons (Fsp3) is 0.455. The normalized spacial score (nSPS) is 23.8. The van der Waals surface area contributed by atoms with Crippen molar-refractivity contribution in [1.82, 2.24) is 4.90 Å². The van der Waals surface area contributed by atoms with Crippen LogP contribution in [-0.4, -0.2) is 30.6 Å². The number of rotatable bonds is 4. The van der Waals surface area contributed by atoms with E-state index in [1.54, 1.807) is 0 Å². The third-order valence-electron chi connectivity index (χ3n) is 5.93. The van der Waals surface area contributed by atoms with Crippen molar-refractivity contribution in [2.75, 3.05) is 19.6 Å². The van der Waals surface area contributed by atoms with Crippen LogP contribution in [0.15, 0.2) is 46.9 Å². The third kappa shape index (κ3) is 3.55. The molecule has 1 aliphatic heterocycles. The summed E-state index contributed by atoms with van der Waals surface area (Å²) in [7, 11) is 0. The maximum absolute atomic E-state index is 6.59. The standard InChI is InChI=1S/C22H27BrN2O/c1-15-6-7-21(19(23)12-15)26-22-18-5-3-2-4-17(18)13-20(22)25-10-8-16(14-24)9-11-25/h2-7,12,16,20,22H,8-11,13-14,24H2,1H3/t20-,22-/m1/s1. The molecule has 26 heavy (non-hydrogen) atoms. The zero-order chi connectivity index (χ0) is 18.1. The number of piperidine rings is 1. The van der Waals surface area contributed by atoms with Gasteiger partial charge in [-0.05, 0) is 96.5 Å². The van der Waals surface area contributed by atoms with Gasteiger partial charge in [-0.1, -0.05) is 30.3 Å². The van der Waals surface area contributed by atoms with Crippen LogP contribution in [0.5, 0.6) is 5.75 Å². The Morgan fingerprint density at radius 1 is 1.15 bits per heavy atom. The van der Waals surface area contributed by atoms with E-state index in [9.17, 15) is 0 Å². The molecule has 0 saturated carbocycles. The van der Waals surface area contributed by atoms with Crippen molar-refractivity contribution in [3.05, 3.63) is 63.6 Å². The highest BCUT2D eigenvalue weighted by atomic mass is 79.9. The Kier molecular flexibility index (Phi) is 5.35. The van der Waals surface area contributed by atoms with Gasteiger partial charge in [0.25, 0.3) is 0 Å². The Bertz CT molecular complexity index is 770. The Hall–Kier alpha value is -1.36. The van der Waals surface area contributed by atoms with Crippen LogP contribution >= 0.6 is 15.9 Å². The lowest BCUT2D eigenvalue weighted by Crippen LogP contribution is -2.45.